The fourth-order valence-electron chi connectivity index (χ4n) is 1.66. The van der Waals surface area contributed by atoms with Gasteiger partial charge in [-0.3, -0.25) is 4.99 Å². The maximum atomic E-state index is 5.80. The van der Waals surface area contributed by atoms with E-state index < -0.39 is 0 Å². The van der Waals surface area contributed by atoms with Gasteiger partial charge in [-0.2, -0.15) is 0 Å². The van der Waals surface area contributed by atoms with E-state index in [1.165, 1.54) is 0 Å². The Kier molecular flexibility index (Phi) is 4.88. The Morgan fingerprint density at radius 1 is 1.60 bits per heavy atom. The smallest absolute Gasteiger partial charge is 0.188 e. The number of nitrogens with one attached hydrogen (secondary N) is 1. The summed E-state index contributed by atoms with van der Waals surface area (Å²) < 4.78 is 5.47. The van der Waals surface area contributed by atoms with Gasteiger partial charge in [0.15, 0.2) is 5.96 Å². The van der Waals surface area contributed by atoms with Gasteiger partial charge >= 0.3 is 0 Å². The van der Waals surface area contributed by atoms with Gasteiger partial charge in [-0.25, -0.2) is 0 Å². The normalized spacial score (nSPS) is 28.1. The molecule has 0 bridgehead atoms. The maximum absolute atomic E-state index is 5.80. The van der Waals surface area contributed by atoms with E-state index in [0.29, 0.717) is 24.0 Å². The van der Waals surface area contributed by atoms with Gasteiger partial charge in [0.1, 0.15) is 0 Å². The lowest BCUT2D eigenvalue weighted by atomic mass is 10.0. The number of guanidine groups is 1. The van der Waals surface area contributed by atoms with E-state index in [1.807, 2.05) is 0 Å². The zero-order valence-electron chi connectivity index (χ0n) is 9.99. The van der Waals surface area contributed by atoms with Crippen molar-refractivity contribution in [2.45, 2.75) is 45.8 Å². The summed E-state index contributed by atoms with van der Waals surface area (Å²) in [5.41, 5.74) is 5.80. The Morgan fingerprint density at radius 3 is 2.93 bits per heavy atom. The largest absolute Gasteiger partial charge is 0.378 e. The lowest BCUT2D eigenvalue weighted by Crippen LogP contribution is -2.44. The van der Waals surface area contributed by atoms with E-state index in [-0.39, 0.29) is 0 Å². The quantitative estimate of drug-likeness (QED) is 0.545. The van der Waals surface area contributed by atoms with Crippen molar-refractivity contribution in [2.75, 3.05) is 13.2 Å². The summed E-state index contributed by atoms with van der Waals surface area (Å²) in [7, 11) is 0. The SMILES string of the molecule is CC(C)CN=C(N)NC1CCOC(C)C1. The van der Waals surface area contributed by atoms with Crippen LogP contribution in [0.25, 0.3) is 0 Å². The van der Waals surface area contributed by atoms with Gasteiger partial charge in [-0.05, 0) is 25.7 Å². The summed E-state index contributed by atoms with van der Waals surface area (Å²) in [6, 6.07) is 0.421. The number of nitrogens with zero attached hydrogens (tertiary/aromatic N) is 1. The molecule has 0 aromatic carbocycles. The predicted molar refractivity (Wildman–Crippen MR) is 62.9 cm³/mol. The molecule has 88 valence electrons. The van der Waals surface area contributed by atoms with Gasteiger partial charge in [0, 0.05) is 19.2 Å². The second kappa shape index (κ2) is 5.95. The van der Waals surface area contributed by atoms with E-state index in [0.717, 1.165) is 26.0 Å². The molecule has 0 aromatic rings. The molecule has 2 atom stereocenters. The van der Waals surface area contributed by atoms with Crippen LogP contribution in [0.5, 0.6) is 0 Å². The first-order chi connectivity index (χ1) is 7.08. The van der Waals surface area contributed by atoms with Crippen LogP contribution in [0.15, 0.2) is 4.99 Å². The van der Waals surface area contributed by atoms with Crippen LogP contribution >= 0.6 is 0 Å². The van der Waals surface area contributed by atoms with Crippen LogP contribution in [-0.4, -0.2) is 31.3 Å². The van der Waals surface area contributed by atoms with Crippen molar-refractivity contribution in [3.63, 3.8) is 0 Å². The van der Waals surface area contributed by atoms with Crippen molar-refractivity contribution in [1.82, 2.24) is 5.32 Å². The molecule has 1 rings (SSSR count). The first-order valence-corrected chi connectivity index (χ1v) is 5.76. The minimum absolute atomic E-state index is 0.328. The zero-order valence-corrected chi connectivity index (χ0v) is 9.99. The molecule has 4 nitrogen and oxygen atoms in total. The van der Waals surface area contributed by atoms with Gasteiger partial charge < -0.3 is 15.8 Å². The Morgan fingerprint density at radius 2 is 2.33 bits per heavy atom. The lowest BCUT2D eigenvalue weighted by Gasteiger charge is -2.28. The fraction of sp³-hybridized carbons (Fsp3) is 0.909. The van der Waals surface area contributed by atoms with Crippen LogP contribution in [0.1, 0.15) is 33.6 Å². The number of hydrogen-bond acceptors (Lipinski definition) is 2. The van der Waals surface area contributed by atoms with Gasteiger partial charge in [0.25, 0.3) is 0 Å². The summed E-state index contributed by atoms with van der Waals surface area (Å²) in [6.07, 6.45) is 2.36. The highest BCUT2D eigenvalue weighted by Crippen LogP contribution is 2.12. The topological polar surface area (TPSA) is 59.6 Å². The molecule has 4 heteroatoms. The molecule has 1 aliphatic heterocycles. The van der Waals surface area contributed by atoms with Crippen LogP contribution in [0, 0.1) is 5.92 Å². The number of nitrogens with two attached hydrogens (primary N) is 1. The summed E-state index contributed by atoms with van der Waals surface area (Å²) in [5.74, 6) is 1.13. The van der Waals surface area contributed by atoms with E-state index in [1.54, 1.807) is 0 Å². The molecule has 0 saturated carbocycles. The Labute approximate surface area is 92.3 Å². The molecule has 0 aromatic heterocycles. The molecule has 3 N–H and O–H groups in total. The van der Waals surface area contributed by atoms with Crippen LogP contribution < -0.4 is 11.1 Å². The molecule has 0 spiro atoms. The number of ether oxygens (including phenoxy) is 1. The molecule has 1 fully saturated rings. The van der Waals surface area contributed by atoms with E-state index in [9.17, 15) is 0 Å². The van der Waals surface area contributed by atoms with E-state index in [2.05, 4.69) is 31.1 Å². The van der Waals surface area contributed by atoms with Gasteiger partial charge in [-0.15, -0.1) is 0 Å². The fourth-order valence-corrected chi connectivity index (χ4v) is 1.66. The number of rotatable bonds is 3. The van der Waals surface area contributed by atoms with Crippen molar-refractivity contribution in [1.29, 1.82) is 0 Å². The highest BCUT2D eigenvalue weighted by Gasteiger charge is 2.19. The number of aliphatic imine (C=N–C) groups is 1. The van der Waals surface area contributed by atoms with Crippen LogP contribution in [0.3, 0.4) is 0 Å². The molecule has 0 aliphatic carbocycles. The molecule has 15 heavy (non-hydrogen) atoms. The molecule has 0 radical (unpaired) electrons. The van der Waals surface area contributed by atoms with Gasteiger partial charge in [0.05, 0.1) is 6.10 Å². The number of hydrogen-bond donors (Lipinski definition) is 2. The average Bonchev–Trinajstić information content (AvgIpc) is 2.15. The van der Waals surface area contributed by atoms with Crippen molar-refractivity contribution in [3.8, 4) is 0 Å². The third-order valence-electron chi connectivity index (χ3n) is 2.46. The molecular formula is C11H23N3O. The minimum Gasteiger partial charge on any atom is -0.378 e. The van der Waals surface area contributed by atoms with Crippen LogP contribution in [-0.2, 0) is 4.74 Å². The minimum atomic E-state index is 0.328. The molecule has 1 heterocycles. The van der Waals surface area contributed by atoms with Gasteiger partial charge in [0.2, 0.25) is 0 Å². The first kappa shape index (κ1) is 12.3. The summed E-state index contributed by atoms with van der Waals surface area (Å²) in [4.78, 5) is 4.29. The van der Waals surface area contributed by atoms with Crippen molar-refractivity contribution in [3.05, 3.63) is 0 Å². The third-order valence-corrected chi connectivity index (χ3v) is 2.46. The first-order valence-electron chi connectivity index (χ1n) is 5.76. The lowest BCUT2D eigenvalue weighted by molar-refractivity contribution is 0.0166. The highest BCUT2D eigenvalue weighted by molar-refractivity contribution is 5.78. The molecule has 2 unspecified atom stereocenters. The maximum Gasteiger partial charge on any atom is 0.188 e. The third kappa shape index (κ3) is 5.02. The Hall–Kier alpha value is -0.770. The van der Waals surface area contributed by atoms with Gasteiger partial charge in [-0.1, -0.05) is 13.8 Å². The van der Waals surface area contributed by atoms with E-state index in [4.69, 9.17) is 10.5 Å². The van der Waals surface area contributed by atoms with Crippen molar-refractivity contribution in [2.24, 2.45) is 16.6 Å². The van der Waals surface area contributed by atoms with Crippen LogP contribution in [0.4, 0.5) is 0 Å². The van der Waals surface area contributed by atoms with E-state index >= 15 is 0 Å². The molecule has 1 saturated heterocycles. The highest BCUT2D eigenvalue weighted by atomic mass is 16.5. The Balaban J connectivity index is 2.30. The zero-order chi connectivity index (χ0) is 11.3. The second-order valence-corrected chi connectivity index (χ2v) is 4.67. The molecule has 0 amide bonds. The van der Waals surface area contributed by atoms with Crippen molar-refractivity contribution < 1.29 is 4.74 Å². The molecule has 1 aliphatic rings. The second-order valence-electron chi connectivity index (χ2n) is 4.67. The van der Waals surface area contributed by atoms with Crippen LogP contribution in [0.2, 0.25) is 0 Å². The summed E-state index contributed by atoms with van der Waals surface area (Å²) in [5, 5.41) is 3.25. The standard InChI is InChI=1S/C11H23N3O/c1-8(2)7-13-11(12)14-10-4-5-15-9(3)6-10/h8-10H,4-7H2,1-3H3,(H3,12,13,14). The summed E-state index contributed by atoms with van der Waals surface area (Å²) in [6.45, 7) is 7.96. The predicted octanol–water partition coefficient (Wildman–Crippen LogP) is 1.11. The average molecular weight is 213 g/mol. The Bertz CT molecular complexity index is 216. The molecular weight excluding hydrogens is 190 g/mol. The monoisotopic (exact) mass is 213 g/mol. The van der Waals surface area contributed by atoms with Crippen molar-refractivity contribution >= 4 is 5.96 Å². The summed E-state index contributed by atoms with van der Waals surface area (Å²) >= 11 is 0.